The smallest absolute Gasteiger partial charge is 0.345 e. The van der Waals surface area contributed by atoms with Crippen LogP contribution in [-0.4, -0.2) is 43.8 Å². The third-order valence-electron chi connectivity index (χ3n) is 4.92. The number of amides is 2. The first-order chi connectivity index (χ1) is 14.1. The SMILES string of the molecule is COc1cc(C2CC(N3C(=O)Nc4ccccc4N3O)ON2)cc(OC)c1OC. The van der Waals surface area contributed by atoms with E-state index in [2.05, 4.69) is 10.8 Å². The van der Waals surface area contributed by atoms with E-state index in [0.29, 0.717) is 35.0 Å². The van der Waals surface area contributed by atoms with Crippen molar-refractivity contribution < 1.29 is 29.0 Å². The number of anilines is 2. The summed E-state index contributed by atoms with van der Waals surface area (Å²) in [6.45, 7) is 0. The van der Waals surface area contributed by atoms with E-state index in [1.54, 1.807) is 38.5 Å². The van der Waals surface area contributed by atoms with E-state index in [1.165, 1.54) is 7.11 Å². The Balaban J connectivity index is 1.58. The maximum Gasteiger partial charge on any atom is 0.345 e. The molecule has 4 rings (SSSR count). The van der Waals surface area contributed by atoms with Gasteiger partial charge in [-0.05, 0) is 29.8 Å². The van der Waals surface area contributed by atoms with Gasteiger partial charge in [0.05, 0.1) is 33.1 Å². The van der Waals surface area contributed by atoms with E-state index < -0.39 is 12.3 Å². The van der Waals surface area contributed by atoms with Crippen LogP contribution in [0.2, 0.25) is 0 Å². The van der Waals surface area contributed by atoms with Gasteiger partial charge in [-0.2, -0.15) is 15.7 Å². The first-order valence-corrected chi connectivity index (χ1v) is 8.96. The molecule has 0 aromatic heterocycles. The molecule has 2 atom stereocenters. The molecule has 0 spiro atoms. The summed E-state index contributed by atoms with van der Waals surface area (Å²) in [4.78, 5) is 18.2. The van der Waals surface area contributed by atoms with Crippen molar-refractivity contribution in [3.05, 3.63) is 42.0 Å². The van der Waals surface area contributed by atoms with Crippen LogP contribution >= 0.6 is 0 Å². The summed E-state index contributed by atoms with van der Waals surface area (Å²) in [5.41, 5.74) is 4.71. The fourth-order valence-electron chi connectivity index (χ4n) is 3.50. The minimum atomic E-state index is -0.738. The molecule has 2 amide bonds. The Labute approximate surface area is 167 Å². The number of hydrogen-bond acceptors (Lipinski definition) is 8. The number of carbonyl (C=O) groups is 1. The molecule has 29 heavy (non-hydrogen) atoms. The summed E-state index contributed by atoms with van der Waals surface area (Å²) in [5, 5.41) is 15.2. The second-order valence-corrected chi connectivity index (χ2v) is 6.52. The van der Waals surface area contributed by atoms with Gasteiger partial charge in [-0.25, -0.2) is 4.79 Å². The highest BCUT2D eigenvalue weighted by Gasteiger charge is 2.41. The highest BCUT2D eigenvalue weighted by molar-refractivity contribution is 5.97. The number of nitrogens with one attached hydrogen (secondary N) is 2. The third kappa shape index (κ3) is 3.27. The number of nitrogens with zero attached hydrogens (tertiary/aromatic N) is 2. The lowest BCUT2D eigenvalue weighted by atomic mass is 10.0. The number of rotatable bonds is 5. The average molecular weight is 402 g/mol. The van der Waals surface area contributed by atoms with Crippen LogP contribution in [0.3, 0.4) is 0 Å². The van der Waals surface area contributed by atoms with Crippen molar-refractivity contribution in [2.45, 2.75) is 18.7 Å². The van der Waals surface area contributed by atoms with E-state index in [9.17, 15) is 10.0 Å². The molecule has 1 fully saturated rings. The van der Waals surface area contributed by atoms with E-state index in [1.807, 2.05) is 12.1 Å². The Hall–Kier alpha value is -3.21. The lowest BCUT2D eigenvalue weighted by Crippen LogP contribution is -2.55. The third-order valence-corrected chi connectivity index (χ3v) is 4.92. The lowest BCUT2D eigenvalue weighted by molar-refractivity contribution is -0.0821. The van der Waals surface area contributed by atoms with Crippen LogP contribution in [-0.2, 0) is 4.84 Å². The number of hydroxylamine groups is 1. The van der Waals surface area contributed by atoms with Crippen molar-refractivity contribution in [3.8, 4) is 17.2 Å². The molecule has 2 unspecified atom stereocenters. The zero-order chi connectivity index (χ0) is 20.5. The van der Waals surface area contributed by atoms with E-state index in [-0.39, 0.29) is 6.04 Å². The maximum absolute atomic E-state index is 12.5. The van der Waals surface area contributed by atoms with E-state index in [0.717, 1.165) is 15.7 Å². The van der Waals surface area contributed by atoms with Crippen molar-refractivity contribution in [1.82, 2.24) is 10.5 Å². The number of carbonyl (C=O) groups excluding carboxylic acids is 1. The second-order valence-electron chi connectivity index (χ2n) is 6.52. The predicted molar refractivity (Wildman–Crippen MR) is 103 cm³/mol. The normalized spacial score (nSPS) is 20.9. The van der Waals surface area contributed by atoms with Gasteiger partial charge in [0.25, 0.3) is 0 Å². The molecule has 154 valence electrons. The fourth-order valence-corrected chi connectivity index (χ4v) is 3.50. The van der Waals surface area contributed by atoms with Gasteiger partial charge in [-0.3, -0.25) is 10.0 Å². The largest absolute Gasteiger partial charge is 0.493 e. The zero-order valence-electron chi connectivity index (χ0n) is 16.2. The van der Waals surface area contributed by atoms with Crippen LogP contribution in [0.1, 0.15) is 18.0 Å². The van der Waals surface area contributed by atoms with Gasteiger partial charge in [-0.15, -0.1) is 0 Å². The number of ether oxygens (including phenoxy) is 3. The molecule has 3 N–H and O–H groups in total. The summed E-state index contributed by atoms with van der Waals surface area (Å²) in [6, 6.07) is 9.80. The van der Waals surface area contributed by atoms with Crippen LogP contribution < -0.4 is 30.2 Å². The Morgan fingerprint density at radius 3 is 2.45 bits per heavy atom. The van der Waals surface area contributed by atoms with Gasteiger partial charge < -0.3 is 19.5 Å². The Bertz CT molecular complexity index is 898. The van der Waals surface area contributed by atoms with E-state index in [4.69, 9.17) is 19.0 Å². The van der Waals surface area contributed by atoms with Crippen LogP contribution in [0, 0.1) is 0 Å². The number of benzene rings is 2. The number of urea groups is 1. The standard InChI is InChI=1S/C19H22N4O6/c1-26-15-8-11(9-16(27-2)18(15)28-3)13-10-17(29-21-13)22-19(24)20-12-6-4-5-7-14(12)23(22)25/h4-9,13,17,21,25H,10H2,1-3H3,(H,20,24). The monoisotopic (exact) mass is 402 g/mol. The summed E-state index contributed by atoms with van der Waals surface area (Å²) < 4.78 is 16.1. The number of hydrogen-bond donors (Lipinski definition) is 3. The van der Waals surface area contributed by atoms with Crippen molar-refractivity contribution in [2.75, 3.05) is 31.8 Å². The van der Waals surface area contributed by atoms with Gasteiger partial charge in [0.1, 0.15) is 5.69 Å². The summed E-state index contributed by atoms with van der Waals surface area (Å²) in [7, 11) is 4.62. The van der Waals surface area contributed by atoms with Gasteiger partial charge in [0.15, 0.2) is 17.7 Å². The van der Waals surface area contributed by atoms with Crippen LogP contribution in [0.5, 0.6) is 17.2 Å². The number of hydrazine groups is 1. The minimum absolute atomic E-state index is 0.271. The first kappa shape index (κ1) is 19.1. The molecule has 2 aliphatic rings. The molecule has 0 saturated carbocycles. The van der Waals surface area contributed by atoms with Crippen molar-refractivity contribution in [2.24, 2.45) is 0 Å². The summed E-state index contributed by atoms with van der Waals surface area (Å²) in [5.74, 6) is 1.52. The zero-order valence-corrected chi connectivity index (χ0v) is 16.2. The molecule has 10 heteroatoms. The number of para-hydroxylation sites is 2. The van der Waals surface area contributed by atoms with Crippen molar-refractivity contribution in [3.63, 3.8) is 0 Å². The van der Waals surface area contributed by atoms with Crippen LogP contribution in [0.4, 0.5) is 16.2 Å². The molecule has 2 aliphatic heterocycles. The van der Waals surface area contributed by atoms with Gasteiger partial charge in [-0.1, -0.05) is 12.1 Å². The first-order valence-electron chi connectivity index (χ1n) is 8.96. The summed E-state index contributed by atoms with van der Waals surface area (Å²) in [6.07, 6.45) is -0.358. The molecule has 2 heterocycles. The van der Waals surface area contributed by atoms with Gasteiger partial charge in [0, 0.05) is 6.42 Å². The second kappa shape index (κ2) is 7.66. The summed E-state index contributed by atoms with van der Waals surface area (Å²) >= 11 is 0. The Morgan fingerprint density at radius 1 is 1.10 bits per heavy atom. The topological polar surface area (TPSA) is 105 Å². The highest BCUT2D eigenvalue weighted by Crippen LogP contribution is 2.42. The van der Waals surface area contributed by atoms with Gasteiger partial charge in [0.2, 0.25) is 5.75 Å². The molecule has 10 nitrogen and oxygen atoms in total. The van der Waals surface area contributed by atoms with E-state index >= 15 is 0 Å². The molecule has 1 saturated heterocycles. The minimum Gasteiger partial charge on any atom is -0.493 e. The van der Waals surface area contributed by atoms with Crippen LogP contribution in [0.15, 0.2) is 36.4 Å². The molecule has 2 aromatic rings. The molecular formula is C19H22N4O6. The number of fused-ring (bicyclic) bond motifs is 1. The van der Waals surface area contributed by atoms with Gasteiger partial charge >= 0.3 is 6.03 Å². The average Bonchev–Trinajstić information content (AvgIpc) is 3.22. The van der Waals surface area contributed by atoms with Crippen molar-refractivity contribution in [1.29, 1.82) is 0 Å². The fraction of sp³-hybridized carbons (Fsp3) is 0.316. The molecule has 0 aliphatic carbocycles. The Morgan fingerprint density at radius 2 is 1.79 bits per heavy atom. The Kier molecular flexibility index (Phi) is 5.05. The van der Waals surface area contributed by atoms with Crippen molar-refractivity contribution >= 4 is 17.4 Å². The molecule has 0 bridgehead atoms. The molecular weight excluding hydrogens is 380 g/mol. The quantitative estimate of drug-likeness (QED) is 0.701. The van der Waals surface area contributed by atoms with Crippen LogP contribution in [0.25, 0.3) is 0 Å². The lowest BCUT2D eigenvalue weighted by Gasteiger charge is -2.38. The number of methoxy groups -OCH3 is 3. The molecule has 2 aromatic carbocycles. The highest BCUT2D eigenvalue weighted by atomic mass is 16.7. The maximum atomic E-state index is 12.5. The molecule has 0 radical (unpaired) electrons. The predicted octanol–water partition coefficient (Wildman–Crippen LogP) is 2.66.